The third-order valence-electron chi connectivity index (χ3n) is 1.97. The molecule has 84 valence electrons. The average molecular weight is 348 g/mol. The van der Waals surface area contributed by atoms with E-state index in [9.17, 15) is 5.11 Å². The fourth-order valence-corrected chi connectivity index (χ4v) is 1.95. The molecule has 1 atom stereocenters. The van der Waals surface area contributed by atoms with Crippen LogP contribution in [0.4, 0.5) is 0 Å². The molecule has 2 aromatic rings. The summed E-state index contributed by atoms with van der Waals surface area (Å²) in [6.45, 7) is 1.59. The quantitative estimate of drug-likeness (QED) is 0.905. The monoisotopic (exact) mass is 346 g/mol. The minimum atomic E-state index is -0.733. The lowest BCUT2D eigenvalue weighted by atomic mass is 10.2. The van der Waals surface area contributed by atoms with Gasteiger partial charge in [0.1, 0.15) is 6.10 Å². The van der Waals surface area contributed by atoms with Gasteiger partial charge in [-0.2, -0.15) is 4.98 Å². The van der Waals surface area contributed by atoms with Gasteiger partial charge < -0.3 is 9.63 Å². The van der Waals surface area contributed by atoms with Crippen LogP contribution in [0.3, 0.4) is 0 Å². The molecule has 2 rings (SSSR count). The summed E-state index contributed by atoms with van der Waals surface area (Å²) < 4.78 is 6.85. The fourth-order valence-electron chi connectivity index (χ4n) is 1.18. The standard InChI is InChI=1S/C10H8Br2N2O2/c1-5(15)9-13-10(16-14-9)7-4-6(11)2-3-8(7)12/h2-5,15H,1H3. The molecule has 0 saturated heterocycles. The predicted molar refractivity (Wildman–Crippen MR) is 65.8 cm³/mol. The second-order valence-corrected chi connectivity index (χ2v) is 5.03. The van der Waals surface area contributed by atoms with Crippen LogP contribution in [0.2, 0.25) is 0 Å². The number of hydrogen-bond donors (Lipinski definition) is 1. The second kappa shape index (κ2) is 4.65. The fraction of sp³-hybridized carbons (Fsp3) is 0.200. The minimum Gasteiger partial charge on any atom is -0.385 e. The second-order valence-electron chi connectivity index (χ2n) is 3.26. The molecule has 1 heterocycles. The average Bonchev–Trinajstić information content (AvgIpc) is 2.70. The molecule has 0 aliphatic rings. The molecule has 16 heavy (non-hydrogen) atoms. The summed E-state index contributed by atoms with van der Waals surface area (Å²) in [6, 6.07) is 5.65. The maximum absolute atomic E-state index is 9.30. The van der Waals surface area contributed by atoms with Gasteiger partial charge in [0.2, 0.25) is 0 Å². The van der Waals surface area contributed by atoms with Crippen molar-refractivity contribution < 1.29 is 9.63 Å². The molecule has 1 N–H and O–H groups in total. The van der Waals surface area contributed by atoms with Crippen molar-refractivity contribution in [1.29, 1.82) is 0 Å². The van der Waals surface area contributed by atoms with Gasteiger partial charge in [0.15, 0.2) is 5.82 Å². The Morgan fingerprint density at radius 2 is 2.12 bits per heavy atom. The summed E-state index contributed by atoms with van der Waals surface area (Å²) >= 11 is 6.77. The summed E-state index contributed by atoms with van der Waals surface area (Å²) in [6.07, 6.45) is -0.733. The van der Waals surface area contributed by atoms with Crippen LogP contribution in [0.25, 0.3) is 11.5 Å². The molecule has 0 aliphatic carbocycles. The zero-order chi connectivity index (χ0) is 11.7. The molecule has 0 saturated carbocycles. The SMILES string of the molecule is CC(O)c1noc(-c2cc(Br)ccc2Br)n1. The molecule has 0 amide bonds. The Morgan fingerprint density at radius 3 is 2.75 bits per heavy atom. The third-order valence-corrected chi connectivity index (χ3v) is 3.16. The molecule has 1 aromatic heterocycles. The molecule has 0 radical (unpaired) electrons. The Bertz CT molecular complexity index is 511. The summed E-state index contributed by atoms with van der Waals surface area (Å²) in [5.41, 5.74) is 0.786. The first-order valence-electron chi connectivity index (χ1n) is 4.55. The smallest absolute Gasteiger partial charge is 0.259 e. The maximum atomic E-state index is 9.30. The largest absolute Gasteiger partial charge is 0.385 e. The van der Waals surface area contributed by atoms with Crippen molar-refractivity contribution in [3.8, 4) is 11.5 Å². The number of rotatable bonds is 2. The van der Waals surface area contributed by atoms with Gasteiger partial charge in [-0.05, 0) is 41.1 Å². The van der Waals surface area contributed by atoms with Crippen LogP contribution in [0.15, 0.2) is 31.7 Å². The van der Waals surface area contributed by atoms with Crippen LogP contribution in [0.5, 0.6) is 0 Å². The van der Waals surface area contributed by atoms with Gasteiger partial charge in [0.05, 0.1) is 5.56 Å². The van der Waals surface area contributed by atoms with E-state index in [4.69, 9.17) is 4.52 Å². The van der Waals surface area contributed by atoms with E-state index in [0.717, 1.165) is 14.5 Å². The third kappa shape index (κ3) is 2.34. The van der Waals surface area contributed by atoms with E-state index >= 15 is 0 Å². The highest BCUT2D eigenvalue weighted by Crippen LogP contribution is 2.30. The van der Waals surface area contributed by atoms with E-state index < -0.39 is 6.10 Å². The molecule has 6 heteroatoms. The molecular weight excluding hydrogens is 340 g/mol. The first-order chi connectivity index (χ1) is 7.58. The Hall–Kier alpha value is -0.720. The Morgan fingerprint density at radius 1 is 1.38 bits per heavy atom. The van der Waals surface area contributed by atoms with Crippen molar-refractivity contribution in [2.75, 3.05) is 0 Å². The highest BCUT2D eigenvalue weighted by molar-refractivity contribution is 9.11. The number of nitrogens with zero attached hydrogens (tertiary/aromatic N) is 2. The van der Waals surface area contributed by atoms with Crippen molar-refractivity contribution in [3.63, 3.8) is 0 Å². The van der Waals surface area contributed by atoms with Crippen LogP contribution < -0.4 is 0 Å². The lowest BCUT2D eigenvalue weighted by molar-refractivity contribution is 0.184. The number of aliphatic hydroxyl groups is 1. The van der Waals surface area contributed by atoms with Crippen LogP contribution in [-0.4, -0.2) is 15.2 Å². The van der Waals surface area contributed by atoms with Crippen molar-refractivity contribution in [1.82, 2.24) is 10.1 Å². The molecule has 0 aliphatic heterocycles. The Kier molecular flexibility index (Phi) is 3.41. The molecule has 0 spiro atoms. The molecule has 1 unspecified atom stereocenters. The van der Waals surface area contributed by atoms with Gasteiger partial charge in [-0.25, -0.2) is 0 Å². The molecule has 0 fully saturated rings. The van der Waals surface area contributed by atoms with E-state index in [2.05, 4.69) is 42.0 Å². The number of benzene rings is 1. The van der Waals surface area contributed by atoms with E-state index in [0.29, 0.717) is 5.89 Å². The lowest BCUT2D eigenvalue weighted by Gasteiger charge is -1.99. The van der Waals surface area contributed by atoms with Crippen molar-refractivity contribution >= 4 is 31.9 Å². The lowest BCUT2D eigenvalue weighted by Crippen LogP contribution is -1.93. The number of hydrogen-bond acceptors (Lipinski definition) is 4. The number of halogens is 2. The van der Waals surface area contributed by atoms with Gasteiger partial charge in [-0.3, -0.25) is 0 Å². The van der Waals surface area contributed by atoms with Gasteiger partial charge in [0, 0.05) is 8.95 Å². The van der Waals surface area contributed by atoms with Gasteiger partial charge in [-0.1, -0.05) is 21.1 Å². The summed E-state index contributed by atoms with van der Waals surface area (Å²) in [5, 5.41) is 13.0. The highest BCUT2D eigenvalue weighted by Gasteiger charge is 2.14. The van der Waals surface area contributed by atoms with Crippen molar-refractivity contribution in [2.45, 2.75) is 13.0 Å². The highest BCUT2D eigenvalue weighted by atomic mass is 79.9. The minimum absolute atomic E-state index is 0.280. The topological polar surface area (TPSA) is 59.2 Å². The molecule has 0 bridgehead atoms. The first-order valence-corrected chi connectivity index (χ1v) is 6.13. The predicted octanol–water partition coefficient (Wildman–Crippen LogP) is 3.31. The molecular formula is C10H8Br2N2O2. The number of aliphatic hydroxyl groups excluding tert-OH is 1. The zero-order valence-electron chi connectivity index (χ0n) is 8.32. The summed E-state index contributed by atoms with van der Waals surface area (Å²) in [5.74, 6) is 0.658. The van der Waals surface area contributed by atoms with E-state index in [-0.39, 0.29) is 5.82 Å². The summed E-state index contributed by atoms with van der Waals surface area (Å²) in [7, 11) is 0. The zero-order valence-corrected chi connectivity index (χ0v) is 11.5. The van der Waals surface area contributed by atoms with Gasteiger partial charge in [-0.15, -0.1) is 0 Å². The first kappa shape index (κ1) is 11.8. The van der Waals surface area contributed by atoms with Crippen molar-refractivity contribution in [3.05, 3.63) is 33.0 Å². The van der Waals surface area contributed by atoms with Crippen LogP contribution in [0.1, 0.15) is 18.9 Å². The van der Waals surface area contributed by atoms with Crippen molar-refractivity contribution in [2.24, 2.45) is 0 Å². The van der Waals surface area contributed by atoms with Crippen LogP contribution >= 0.6 is 31.9 Å². The number of aromatic nitrogens is 2. The summed E-state index contributed by atoms with van der Waals surface area (Å²) in [4.78, 5) is 4.10. The van der Waals surface area contributed by atoms with E-state index in [1.807, 2.05) is 18.2 Å². The molecule has 4 nitrogen and oxygen atoms in total. The Labute approximate surface area is 109 Å². The maximum Gasteiger partial charge on any atom is 0.259 e. The van der Waals surface area contributed by atoms with Crippen LogP contribution in [0, 0.1) is 0 Å². The Balaban J connectivity index is 2.46. The van der Waals surface area contributed by atoms with E-state index in [1.54, 1.807) is 6.92 Å². The van der Waals surface area contributed by atoms with Gasteiger partial charge >= 0.3 is 0 Å². The normalized spacial score (nSPS) is 12.8. The van der Waals surface area contributed by atoms with E-state index in [1.165, 1.54) is 0 Å². The van der Waals surface area contributed by atoms with Gasteiger partial charge in [0.25, 0.3) is 5.89 Å². The molecule has 1 aromatic carbocycles. The van der Waals surface area contributed by atoms with Crippen LogP contribution in [-0.2, 0) is 0 Å².